The van der Waals surface area contributed by atoms with Gasteiger partial charge in [-0.3, -0.25) is 4.98 Å². The summed E-state index contributed by atoms with van der Waals surface area (Å²) in [5, 5.41) is 10.6. The average molecular weight is 221 g/mol. The highest BCUT2D eigenvalue weighted by Crippen LogP contribution is 2.32. The number of rotatable bonds is 3. The molecule has 1 fully saturated rings. The lowest BCUT2D eigenvalue weighted by Crippen LogP contribution is -2.47. The molecule has 1 saturated carbocycles. The van der Waals surface area contributed by atoms with Crippen LogP contribution >= 0.6 is 0 Å². The smallest absolute Gasteiger partial charge is 0.0963 e. The molecule has 2 atom stereocenters. The van der Waals surface area contributed by atoms with Gasteiger partial charge in [0.1, 0.15) is 0 Å². The van der Waals surface area contributed by atoms with Crippen molar-refractivity contribution in [2.24, 2.45) is 0 Å². The number of nitrogens with zero attached hydrogens (tertiary/aromatic N) is 1. The van der Waals surface area contributed by atoms with Gasteiger partial charge in [0.15, 0.2) is 0 Å². The van der Waals surface area contributed by atoms with Gasteiger partial charge in [-0.05, 0) is 25.0 Å². The second-order valence-corrected chi connectivity index (χ2v) is 4.57. The molecule has 0 radical (unpaired) electrons. The highest BCUT2D eigenvalue weighted by molar-refractivity contribution is 5.09. The van der Waals surface area contributed by atoms with Crippen molar-refractivity contribution in [3.63, 3.8) is 0 Å². The molecule has 1 aliphatic carbocycles. The second-order valence-electron chi connectivity index (χ2n) is 4.57. The van der Waals surface area contributed by atoms with Crippen molar-refractivity contribution >= 4 is 0 Å². The first-order valence-corrected chi connectivity index (χ1v) is 5.90. The molecule has 0 bridgehead atoms. The van der Waals surface area contributed by atoms with Crippen LogP contribution in [0.2, 0.25) is 0 Å². The standard InChI is InChI=1S/C13H19NO2/c1-16-12-7-2-4-8-13(12,15)10-11-6-3-5-9-14-11/h3,5-6,9,12,15H,2,4,7-8,10H2,1H3. The highest BCUT2D eigenvalue weighted by atomic mass is 16.5. The largest absolute Gasteiger partial charge is 0.387 e. The van der Waals surface area contributed by atoms with Crippen LogP contribution in [0.15, 0.2) is 24.4 Å². The monoisotopic (exact) mass is 221 g/mol. The van der Waals surface area contributed by atoms with Gasteiger partial charge >= 0.3 is 0 Å². The molecule has 1 heterocycles. The average Bonchev–Trinajstić information content (AvgIpc) is 2.30. The van der Waals surface area contributed by atoms with Crippen molar-refractivity contribution in [3.8, 4) is 0 Å². The molecular formula is C13H19NO2. The van der Waals surface area contributed by atoms with Gasteiger partial charge in [0, 0.05) is 25.4 Å². The predicted octanol–water partition coefficient (Wildman–Crippen LogP) is 1.94. The first-order valence-electron chi connectivity index (χ1n) is 5.90. The molecular weight excluding hydrogens is 202 g/mol. The van der Waals surface area contributed by atoms with Gasteiger partial charge < -0.3 is 9.84 Å². The molecule has 88 valence electrons. The van der Waals surface area contributed by atoms with Gasteiger partial charge in [-0.25, -0.2) is 0 Å². The zero-order valence-corrected chi connectivity index (χ0v) is 9.72. The molecule has 1 aromatic rings. The third kappa shape index (κ3) is 2.42. The molecule has 0 aliphatic heterocycles. The van der Waals surface area contributed by atoms with Crippen molar-refractivity contribution in [3.05, 3.63) is 30.1 Å². The van der Waals surface area contributed by atoms with E-state index >= 15 is 0 Å². The van der Waals surface area contributed by atoms with E-state index in [9.17, 15) is 5.11 Å². The number of pyridine rings is 1. The number of hydrogen-bond donors (Lipinski definition) is 1. The molecule has 0 saturated heterocycles. The third-order valence-corrected chi connectivity index (χ3v) is 3.42. The lowest BCUT2D eigenvalue weighted by molar-refractivity contribution is -0.116. The van der Waals surface area contributed by atoms with Crippen molar-refractivity contribution in [2.45, 2.75) is 43.8 Å². The van der Waals surface area contributed by atoms with Gasteiger partial charge in [-0.1, -0.05) is 18.9 Å². The van der Waals surface area contributed by atoms with E-state index in [-0.39, 0.29) is 6.10 Å². The van der Waals surface area contributed by atoms with Crippen LogP contribution in [0.3, 0.4) is 0 Å². The maximum absolute atomic E-state index is 10.6. The van der Waals surface area contributed by atoms with E-state index in [1.807, 2.05) is 18.2 Å². The zero-order valence-electron chi connectivity index (χ0n) is 9.72. The molecule has 3 nitrogen and oxygen atoms in total. The molecule has 2 rings (SSSR count). The first-order chi connectivity index (χ1) is 7.74. The maximum atomic E-state index is 10.6. The maximum Gasteiger partial charge on any atom is 0.0963 e. The molecule has 16 heavy (non-hydrogen) atoms. The van der Waals surface area contributed by atoms with E-state index in [2.05, 4.69) is 4.98 Å². The van der Waals surface area contributed by atoms with Crippen molar-refractivity contribution in [1.29, 1.82) is 0 Å². The van der Waals surface area contributed by atoms with Crippen molar-refractivity contribution < 1.29 is 9.84 Å². The van der Waals surface area contributed by atoms with Gasteiger partial charge in [-0.15, -0.1) is 0 Å². The Morgan fingerprint density at radius 2 is 2.38 bits per heavy atom. The molecule has 1 N–H and O–H groups in total. The fraction of sp³-hybridized carbons (Fsp3) is 0.615. The second kappa shape index (κ2) is 4.93. The number of methoxy groups -OCH3 is 1. The van der Waals surface area contributed by atoms with E-state index in [0.717, 1.165) is 31.4 Å². The van der Waals surface area contributed by atoms with Gasteiger partial charge in [-0.2, -0.15) is 0 Å². The number of hydrogen-bond acceptors (Lipinski definition) is 3. The lowest BCUT2D eigenvalue weighted by Gasteiger charge is -2.38. The van der Waals surface area contributed by atoms with E-state index in [1.54, 1.807) is 13.3 Å². The van der Waals surface area contributed by atoms with Crippen LogP contribution in [-0.4, -0.2) is 28.9 Å². The molecule has 0 spiro atoms. The van der Waals surface area contributed by atoms with Crippen LogP contribution < -0.4 is 0 Å². The Hall–Kier alpha value is -0.930. The minimum atomic E-state index is -0.735. The van der Waals surface area contributed by atoms with Crippen LogP contribution in [0.25, 0.3) is 0 Å². The Morgan fingerprint density at radius 3 is 3.06 bits per heavy atom. The van der Waals surface area contributed by atoms with Crippen LogP contribution in [0, 0.1) is 0 Å². The number of aliphatic hydroxyl groups is 1. The quantitative estimate of drug-likeness (QED) is 0.848. The normalized spacial score (nSPS) is 30.2. The van der Waals surface area contributed by atoms with Gasteiger partial charge in [0.2, 0.25) is 0 Å². The molecule has 2 unspecified atom stereocenters. The van der Waals surface area contributed by atoms with Gasteiger partial charge in [0.05, 0.1) is 11.7 Å². The summed E-state index contributed by atoms with van der Waals surface area (Å²) in [6, 6.07) is 5.80. The van der Waals surface area contributed by atoms with E-state index in [1.165, 1.54) is 0 Å². The number of aromatic nitrogens is 1. The summed E-state index contributed by atoms with van der Waals surface area (Å²) >= 11 is 0. The van der Waals surface area contributed by atoms with E-state index in [0.29, 0.717) is 6.42 Å². The van der Waals surface area contributed by atoms with E-state index < -0.39 is 5.60 Å². The summed E-state index contributed by atoms with van der Waals surface area (Å²) in [4.78, 5) is 4.27. The lowest BCUT2D eigenvalue weighted by atomic mass is 9.79. The Kier molecular flexibility index (Phi) is 3.56. The molecule has 0 amide bonds. The Morgan fingerprint density at radius 1 is 1.50 bits per heavy atom. The fourth-order valence-electron chi connectivity index (χ4n) is 2.55. The van der Waals surface area contributed by atoms with Crippen LogP contribution in [-0.2, 0) is 11.2 Å². The SMILES string of the molecule is COC1CCCCC1(O)Cc1ccccn1. The first kappa shape index (κ1) is 11.6. The van der Waals surface area contributed by atoms with E-state index in [4.69, 9.17) is 4.74 Å². The summed E-state index contributed by atoms with van der Waals surface area (Å²) in [6.07, 6.45) is 6.27. The topological polar surface area (TPSA) is 42.4 Å². The van der Waals surface area contributed by atoms with Crippen molar-refractivity contribution in [1.82, 2.24) is 4.98 Å². The zero-order chi connectivity index (χ0) is 11.4. The Balaban J connectivity index is 2.11. The molecule has 3 heteroatoms. The van der Waals surface area contributed by atoms with Crippen molar-refractivity contribution in [2.75, 3.05) is 7.11 Å². The van der Waals surface area contributed by atoms with Crippen LogP contribution in [0.5, 0.6) is 0 Å². The predicted molar refractivity (Wildman–Crippen MR) is 62.2 cm³/mol. The fourth-order valence-corrected chi connectivity index (χ4v) is 2.55. The highest BCUT2D eigenvalue weighted by Gasteiger charge is 2.39. The molecule has 1 aliphatic rings. The summed E-state index contributed by atoms with van der Waals surface area (Å²) in [6.45, 7) is 0. The Bertz CT molecular complexity index is 328. The Labute approximate surface area is 96.5 Å². The minimum absolute atomic E-state index is 0.0525. The summed E-state index contributed by atoms with van der Waals surface area (Å²) in [5.74, 6) is 0. The summed E-state index contributed by atoms with van der Waals surface area (Å²) in [7, 11) is 1.68. The number of ether oxygens (including phenoxy) is 1. The minimum Gasteiger partial charge on any atom is -0.387 e. The summed E-state index contributed by atoms with van der Waals surface area (Å²) < 4.78 is 5.40. The van der Waals surface area contributed by atoms with Gasteiger partial charge in [0.25, 0.3) is 0 Å². The molecule has 0 aromatic carbocycles. The third-order valence-electron chi connectivity index (χ3n) is 3.42. The molecule has 1 aromatic heterocycles. The van der Waals surface area contributed by atoms with Crippen LogP contribution in [0.1, 0.15) is 31.4 Å². The van der Waals surface area contributed by atoms with Crippen LogP contribution in [0.4, 0.5) is 0 Å². The summed E-state index contributed by atoms with van der Waals surface area (Å²) in [5.41, 5.74) is 0.204.